The van der Waals surface area contributed by atoms with Crippen LogP contribution in [0.5, 0.6) is 0 Å². The lowest BCUT2D eigenvalue weighted by Crippen LogP contribution is -1.97. The predicted molar refractivity (Wildman–Crippen MR) is 621 cm³/mol. The van der Waals surface area contributed by atoms with Gasteiger partial charge in [0.15, 0.2) is 17.5 Å². The highest BCUT2D eigenvalue weighted by Crippen LogP contribution is 2.48. The molecule has 30 rings (SSSR count). The summed E-state index contributed by atoms with van der Waals surface area (Å²) in [5.41, 5.74) is 35.7. The van der Waals surface area contributed by atoms with Gasteiger partial charge in [-0.25, -0.2) is 29.9 Å². The van der Waals surface area contributed by atoms with Crippen molar-refractivity contribution in [1.29, 1.82) is 0 Å². The maximum atomic E-state index is 5.08. The lowest BCUT2D eigenvalue weighted by Gasteiger charge is -2.12. The minimum atomic E-state index is 0.701. The molecule has 0 amide bonds. The Hall–Kier alpha value is -20.3. The third kappa shape index (κ3) is 15.2. The highest BCUT2D eigenvalue weighted by Gasteiger charge is 2.28. The van der Waals surface area contributed by atoms with E-state index < -0.39 is 0 Å². The highest BCUT2D eigenvalue weighted by molar-refractivity contribution is 6.30. The Morgan fingerprint density at radius 2 is 0.293 bits per heavy atom. The van der Waals surface area contributed by atoms with Crippen LogP contribution in [0.3, 0.4) is 0 Å². The van der Waals surface area contributed by atoms with Crippen molar-refractivity contribution in [2.45, 2.75) is 0 Å². The first-order chi connectivity index (χ1) is 74.4. The molecule has 30 aromatic rings. The molecule has 0 aliphatic carbocycles. The number of fused-ring (bicyclic) bond motifs is 21. The molecular formula is C138H90N12. The Kier molecular flexibility index (Phi) is 21.6. The van der Waals surface area contributed by atoms with Crippen LogP contribution in [0.15, 0.2) is 546 Å². The molecule has 0 spiro atoms. The molecule has 9 aromatic heterocycles. The number of rotatable bonds is 15. The molecule has 12 heteroatoms. The number of para-hydroxylation sites is 9. The van der Waals surface area contributed by atoms with Crippen molar-refractivity contribution in [3.63, 3.8) is 0 Å². The molecule has 0 unspecified atom stereocenters. The van der Waals surface area contributed by atoms with E-state index >= 15 is 0 Å². The largest absolute Gasteiger partial charge is 0.309 e. The summed E-state index contributed by atoms with van der Waals surface area (Å²) < 4.78 is 14.4. The van der Waals surface area contributed by atoms with E-state index in [9.17, 15) is 0 Å². The minimum Gasteiger partial charge on any atom is -0.309 e. The van der Waals surface area contributed by atoms with Crippen molar-refractivity contribution in [2.75, 3.05) is 0 Å². The number of benzene rings is 21. The van der Waals surface area contributed by atoms with Gasteiger partial charge in [0.25, 0.3) is 0 Å². The molecule has 0 aliphatic rings. The second-order valence-electron chi connectivity index (χ2n) is 37.9. The number of hydrogen-bond acceptors (Lipinski definition) is 6. The molecular weight excluding hydrogens is 1830 g/mol. The first-order valence-corrected chi connectivity index (χ1v) is 50.8. The van der Waals surface area contributed by atoms with Crippen molar-refractivity contribution in [3.8, 4) is 136 Å². The van der Waals surface area contributed by atoms with Gasteiger partial charge in [0.1, 0.15) is 0 Å². The first kappa shape index (κ1) is 87.5. The maximum Gasteiger partial charge on any atom is 0.160 e. The van der Waals surface area contributed by atoms with Crippen molar-refractivity contribution >= 4 is 131 Å². The molecule has 702 valence electrons. The van der Waals surface area contributed by atoms with E-state index in [2.05, 4.69) is 464 Å². The number of nitrogens with zero attached hydrogens (tertiary/aromatic N) is 12. The van der Waals surface area contributed by atoms with Gasteiger partial charge in [0.05, 0.1) is 100 Å². The van der Waals surface area contributed by atoms with Crippen LogP contribution in [0.2, 0.25) is 0 Å². The summed E-state index contributed by atoms with van der Waals surface area (Å²) in [7, 11) is 0. The van der Waals surface area contributed by atoms with Gasteiger partial charge in [-0.05, 0) is 176 Å². The summed E-state index contributed by atoms with van der Waals surface area (Å²) >= 11 is 0. The molecule has 21 aromatic carbocycles. The Balaban J connectivity index is 0.000000108. The summed E-state index contributed by atoms with van der Waals surface area (Å²) in [4.78, 5) is 30.3. The van der Waals surface area contributed by atoms with Gasteiger partial charge in [-0.3, -0.25) is 0 Å². The molecule has 0 N–H and O–H groups in total. The third-order valence-corrected chi connectivity index (χ3v) is 29.2. The molecule has 0 fully saturated rings. The number of aromatic nitrogens is 12. The van der Waals surface area contributed by atoms with Crippen molar-refractivity contribution in [1.82, 2.24) is 57.3 Å². The molecule has 0 saturated heterocycles. The molecule has 12 nitrogen and oxygen atoms in total. The van der Waals surface area contributed by atoms with Gasteiger partial charge in [0, 0.05) is 149 Å². The molecule has 0 bridgehead atoms. The monoisotopic (exact) mass is 1910 g/mol. The van der Waals surface area contributed by atoms with Crippen LogP contribution in [0, 0.1) is 0 Å². The topological polar surface area (TPSA) is 107 Å². The summed E-state index contributed by atoms with van der Waals surface area (Å²) in [5, 5.41) is 15.0. The van der Waals surface area contributed by atoms with E-state index in [-0.39, 0.29) is 0 Å². The van der Waals surface area contributed by atoms with E-state index in [4.69, 9.17) is 29.9 Å². The molecule has 0 atom stereocenters. The van der Waals surface area contributed by atoms with Crippen LogP contribution in [0.1, 0.15) is 0 Å². The second kappa shape index (κ2) is 37.1. The molecule has 150 heavy (non-hydrogen) atoms. The predicted octanol–water partition coefficient (Wildman–Crippen LogP) is 35.0. The van der Waals surface area contributed by atoms with E-state index in [0.29, 0.717) is 17.5 Å². The number of hydrogen-bond donors (Lipinski definition) is 0. The maximum absolute atomic E-state index is 5.08. The fraction of sp³-hybridized carbons (Fsp3) is 0. The van der Waals surface area contributed by atoms with E-state index in [1.807, 2.05) is 109 Å². The fourth-order valence-electron chi connectivity index (χ4n) is 22.5. The Morgan fingerprint density at radius 3 is 0.573 bits per heavy atom. The third-order valence-electron chi connectivity index (χ3n) is 29.2. The summed E-state index contributed by atoms with van der Waals surface area (Å²) in [6.07, 6.45) is 0. The van der Waals surface area contributed by atoms with Crippen LogP contribution < -0.4 is 0 Å². The van der Waals surface area contributed by atoms with Crippen molar-refractivity contribution in [2.24, 2.45) is 0 Å². The Labute approximate surface area is 863 Å². The van der Waals surface area contributed by atoms with Crippen LogP contribution in [0.25, 0.3) is 267 Å². The average molecular weight is 1920 g/mol. The molecule has 0 radical (unpaired) electrons. The van der Waals surface area contributed by atoms with Gasteiger partial charge >= 0.3 is 0 Å². The lowest BCUT2D eigenvalue weighted by molar-refractivity contribution is 1.16. The lowest BCUT2D eigenvalue weighted by atomic mass is 10.1. The van der Waals surface area contributed by atoms with Crippen molar-refractivity contribution < 1.29 is 0 Å². The summed E-state index contributed by atoms with van der Waals surface area (Å²) in [5.74, 6) is 2.12. The van der Waals surface area contributed by atoms with Gasteiger partial charge in [0.2, 0.25) is 0 Å². The van der Waals surface area contributed by atoms with Gasteiger partial charge in [-0.2, -0.15) is 0 Å². The van der Waals surface area contributed by atoms with Crippen molar-refractivity contribution in [3.05, 3.63) is 546 Å². The van der Waals surface area contributed by atoms with E-state index in [1.165, 1.54) is 131 Å². The van der Waals surface area contributed by atoms with Crippen LogP contribution >= 0.6 is 0 Å². The summed E-state index contributed by atoms with van der Waals surface area (Å²) in [6.45, 7) is 0. The van der Waals surface area contributed by atoms with E-state index in [1.54, 1.807) is 0 Å². The zero-order valence-corrected chi connectivity index (χ0v) is 81.3. The molecule has 0 saturated carbocycles. The second-order valence-corrected chi connectivity index (χ2v) is 37.9. The smallest absolute Gasteiger partial charge is 0.160 e. The SMILES string of the molecule is c1ccc(-c2cc(-c3ccc(-n4c5ccccc5c5c4ccc4c6ccccc6n(-c6ccccc6)c45)cc3)nc(-c3ccccc3)n2)cc1.c1ccc(-c2cc(-c3ccccc3)nc(-c3ccc(-n4c5ccccc5c5c6c7ccccc7n(-c7ccccc7)c6ccc54)cc3)n2)cc1.c1ccc(-c2cc(-c3ccccc3)nc(-c3ccc(-n4c5ccccc5c5ccc6c(c7ccccc7n6-c6ccccc6)c54)cc3)n2)cc1. The summed E-state index contributed by atoms with van der Waals surface area (Å²) in [6, 6.07) is 192. The van der Waals surface area contributed by atoms with Gasteiger partial charge in [-0.1, -0.05) is 370 Å². The normalized spacial score (nSPS) is 11.6. The Bertz CT molecular complexity index is 10200. The van der Waals surface area contributed by atoms with Crippen LogP contribution in [0.4, 0.5) is 0 Å². The van der Waals surface area contributed by atoms with Gasteiger partial charge < -0.3 is 27.4 Å². The fourth-order valence-corrected chi connectivity index (χ4v) is 22.5. The highest BCUT2D eigenvalue weighted by atomic mass is 15.0. The van der Waals surface area contributed by atoms with E-state index in [0.717, 1.165) is 118 Å². The quantitative estimate of drug-likeness (QED) is 0.101. The zero-order valence-electron chi connectivity index (χ0n) is 81.3. The first-order valence-electron chi connectivity index (χ1n) is 50.8. The molecule has 0 aliphatic heterocycles. The van der Waals surface area contributed by atoms with Crippen LogP contribution in [-0.2, 0) is 0 Å². The minimum absolute atomic E-state index is 0.701. The zero-order chi connectivity index (χ0) is 99.1. The Morgan fingerprint density at radius 1 is 0.113 bits per heavy atom. The molecule has 9 heterocycles. The average Bonchev–Trinajstić information content (AvgIpc) is 1.55. The van der Waals surface area contributed by atoms with Crippen LogP contribution in [-0.4, -0.2) is 57.3 Å². The standard InChI is InChI=1S/3C46H30N4/c1-4-14-31(15-5-1)39-30-40(48-46(47-39)33-16-6-2-7-17-33)32-24-26-35(27-25-32)49-42-23-13-11-21-38(42)44-43(49)29-28-37-36-20-10-12-22-41(36)50(45(37)44)34-18-8-3-9-19-34;1-4-14-31(15-5-1)39-30-40(32-16-6-2-7-17-32)48-46(47-39)33-24-26-35(27-25-33)50-41-22-12-10-20-36(41)37-28-29-43-44(45(37)50)38-21-11-13-23-42(38)49(43)34-18-8-3-9-19-34;1-4-14-31(15-5-1)38-30-39(32-16-6-2-7-17-32)48-46(47-38)33-24-26-35(27-25-33)50-41-23-13-11-21-37(41)45-43(50)29-28-42-44(45)36-20-10-12-22-40(36)49(42)34-18-8-3-9-19-34/h3*1-30H. The van der Waals surface area contributed by atoms with Gasteiger partial charge in [-0.15, -0.1) is 0 Å².